The quantitative estimate of drug-likeness (QED) is 0.706. The zero-order valence-corrected chi connectivity index (χ0v) is 15.4. The number of rotatable bonds is 4. The van der Waals surface area contributed by atoms with E-state index in [1.54, 1.807) is 4.68 Å². The van der Waals surface area contributed by atoms with Gasteiger partial charge in [-0.05, 0) is 62.8 Å². The summed E-state index contributed by atoms with van der Waals surface area (Å²) in [5.41, 5.74) is 3.18. The lowest BCUT2D eigenvalue weighted by Crippen LogP contribution is -2.37. The van der Waals surface area contributed by atoms with E-state index in [1.807, 2.05) is 34.9 Å². The molecule has 1 saturated heterocycles. The molecule has 2 aliphatic rings. The van der Waals surface area contributed by atoms with Crippen molar-refractivity contribution >= 4 is 5.65 Å². The molecule has 27 heavy (non-hydrogen) atoms. The van der Waals surface area contributed by atoms with E-state index >= 15 is 0 Å². The van der Waals surface area contributed by atoms with Gasteiger partial charge in [-0.15, -0.1) is 10.2 Å². The molecular weight excluding hydrogens is 340 g/mol. The maximum absolute atomic E-state index is 12.5. The highest BCUT2D eigenvalue weighted by atomic mass is 16.1. The summed E-state index contributed by atoms with van der Waals surface area (Å²) < 4.78 is 3.73. The van der Waals surface area contributed by atoms with Crippen molar-refractivity contribution in [1.29, 1.82) is 0 Å². The number of hydrogen-bond donors (Lipinski definition) is 0. The third-order valence-electron chi connectivity index (χ3n) is 5.89. The Morgan fingerprint density at radius 3 is 3.00 bits per heavy atom. The average molecular weight is 364 g/mol. The Kier molecular flexibility index (Phi) is 4.24. The minimum atomic E-state index is 0.0374. The second-order valence-corrected chi connectivity index (χ2v) is 7.66. The molecule has 7 nitrogen and oxygen atoms in total. The minimum Gasteiger partial charge on any atom is -0.291 e. The van der Waals surface area contributed by atoms with Crippen molar-refractivity contribution in [1.82, 2.24) is 29.3 Å². The molecule has 0 saturated carbocycles. The number of aryl methyl sites for hydroxylation is 2. The highest BCUT2D eigenvalue weighted by molar-refractivity contribution is 5.37. The fourth-order valence-corrected chi connectivity index (χ4v) is 4.42. The minimum absolute atomic E-state index is 0.0374. The molecular formula is C20H24N6O. The molecule has 0 amide bonds. The first-order valence-corrected chi connectivity index (χ1v) is 9.90. The molecule has 0 spiro atoms. The van der Waals surface area contributed by atoms with Crippen LogP contribution in [0.5, 0.6) is 0 Å². The van der Waals surface area contributed by atoms with Gasteiger partial charge in [-0.25, -0.2) is 4.68 Å². The van der Waals surface area contributed by atoms with Gasteiger partial charge in [-0.2, -0.15) is 5.10 Å². The molecule has 4 heterocycles. The van der Waals surface area contributed by atoms with Crippen LogP contribution in [0.2, 0.25) is 0 Å². The zero-order chi connectivity index (χ0) is 18.2. The maximum Gasteiger partial charge on any atom is 0.267 e. The van der Waals surface area contributed by atoms with Crippen molar-refractivity contribution < 1.29 is 0 Å². The normalized spacial score (nSPS) is 20.2. The van der Waals surface area contributed by atoms with Crippen molar-refractivity contribution in [2.24, 2.45) is 0 Å². The van der Waals surface area contributed by atoms with Crippen LogP contribution in [0.15, 0.2) is 35.3 Å². The molecule has 3 aromatic heterocycles. The average Bonchev–Trinajstić information content (AvgIpc) is 3.30. The molecule has 0 aromatic carbocycles. The van der Waals surface area contributed by atoms with E-state index in [-0.39, 0.29) is 5.56 Å². The monoisotopic (exact) mass is 364 g/mol. The van der Waals surface area contributed by atoms with Gasteiger partial charge in [0, 0.05) is 18.3 Å². The van der Waals surface area contributed by atoms with E-state index in [9.17, 15) is 4.79 Å². The van der Waals surface area contributed by atoms with Gasteiger partial charge in [-0.1, -0.05) is 6.07 Å². The van der Waals surface area contributed by atoms with Crippen LogP contribution in [0, 0.1) is 0 Å². The fraction of sp³-hybridized carbons (Fsp3) is 0.500. The zero-order valence-electron chi connectivity index (χ0n) is 15.4. The number of pyridine rings is 1. The Hall–Kier alpha value is -2.54. The molecule has 7 heteroatoms. The molecule has 0 N–H and O–H groups in total. The molecule has 1 aliphatic carbocycles. The molecule has 5 rings (SSSR count). The van der Waals surface area contributed by atoms with Gasteiger partial charge in [0.2, 0.25) is 0 Å². The van der Waals surface area contributed by atoms with E-state index in [4.69, 9.17) is 5.10 Å². The first-order valence-electron chi connectivity index (χ1n) is 9.90. The smallest absolute Gasteiger partial charge is 0.267 e. The predicted octanol–water partition coefficient (Wildman–Crippen LogP) is 1.83. The summed E-state index contributed by atoms with van der Waals surface area (Å²) in [7, 11) is 0. The summed E-state index contributed by atoms with van der Waals surface area (Å²) >= 11 is 0. The van der Waals surface area contributed by atoms with Crippen molar-refractivity contribution in [2.75, 3.05) is 6.54 Å². The summed E-state index contributed by atoms with van der Waals surface area (Å²) in [6.45, 7) is 2.42. The summed E-state index contributed by atoms with van der Waals surface area (Å²) in [5.74, 6) is 0.947. The molecule has 1 atom stereocenters. The van der Waals surface area contributed by atoms with Crippen molar-refractivity contribution in [3.8, 4) is 0 Å². The molecule has 0 bridgehead atoms. The molecule has 140 valence electrons. The second kappa shape index (κ2) is 6.88. The van der Waals surface area contributed by atoms with E-state index in [1.165, 1.54) is 12.8 Å². The highest BCUT2D eigenvalue weighted by Crippen LogP contribution is 2.22. The lowest BCUT2D eigenvalue weighted by Gasteiger charge is -2.24. The molecule has 1 aliphatic heterocycles. The van der Waals surface area contributed by atoms with Gasteiger partial charge in [0.15, 0.2) is 11.5 Å². The van der Waals surface area contributed by atoms with E-state index in [2.05, 4.69) is 15.1 Å². The lowest BCUT2D eigenvalue weighted by molar-refractivity contribution is 0.210. The van der Waals surface area contributed by atoms with Gasteiger partial charge >= 0.3 is 0 Å². The molecule has 1 unspecified atom stereocenters. The summed E-state index contributed by atoms with van der Waals surface area (Å²) in [6, 6.07) is 8.06. The Morgan fingerprint density at radius 1 is 1.11 bits per heavy atom. The summed E-state index contributed by atoms with van der Waals surface area (Å²) in [5, 5.41) is 13.3. The van der Waals surface area contributed by atoms with Gasteiger partial charge in [0.25, 0.3) is 5.56 Å². The van der Waals surface area contributed by atoms with E-state index in [0.717, 1.165) is 61.5 Å². The first kappa shape index (κ1) is 16.6. The Bertz CT molecular complexity index is 1020. The topological polar surface area (TPSA) is 68.3 Å². The van der Waals surface area contributed by atoms with Crippen molar-refractivity contribution in [3.05, 3.63) is 57.9 Å². The highest BCUT2D eigenvalue weighted by Gasteiger charge is 2.27. The van der Waals surface area contributed by atoms with Crippen LogP contribution < -0.4 is 5.56 Å². The third kappa shape index (κ3) is 3.16. The van der Waals surface area contributed by atoms with Crippen LogP contribution in [0.4, 0.5) is 0 Å². The first-order chi connectivity index (χ1) is 13.3. The van der Waals surface area contributed by atoms with Gasteiger partial charge < -0.3 is 0 Å². The number of nitrogens with zero attached hydrogens (tertiary/aromatic N) is 6. The van der Waals surface area contributed by atoms with Crippen LogP contribution in [-0.4, -0.2) is 41.9 Å². The Morgan fingerprint density at radius 2 is 2.04 bits per heavy atom. The largest absolute Gasteiger partial charge is 0.291 e. The number of aromatic nitrogens is 5. The molecule has 0 radical (unpaired) electrons. The number of hydrogen-bond acceptors (Lipinski definition) is 5. The molecule has 1 fully saturated rings. The molecule has 3 aromatic rings. The van der Waals surface area contributed by atoms with Crippen molar-refractivity contribution in [3.63, 3.8) is 0 Å². The van der Waals surface area contributed by atoms with E-state index in [0.29, 0.717) is 12.6 Å². The lowest BCUT2D eigenvalue weighted by atomic mass is 9.97. The van der Waals surface area contributed by atoms with Crippen LogP contribution >= 0.6 is 0 Å². The fourth-order valence-electron chi connectivity index (χ4n) is 4.42. The summed E-state index contributed by atoms with van der Waals surface area (Å²) in [6.07, 6.45) is 8.56. The van der Waals surface area contributed by atoms with Crippen LogP contribution in [0.3, 0.4) is 0 Å². The standard InChI is InChI=1S/C20H24N6O/c27-20-12-15-6-1-2-8-17(15)23-26(20)13-16-7-5-10-24(16)14-19-22-21-18-9-3-4-11-25(18)19/h3-4,9,11-12,16H,1-2,5-8,10,13-14H2. The third-order valence-corrected chi connectivity index (χ3v) is 5.89. The van der Waals surface area contributed by atoms with Gasteiger partial charge in [-0.3, -0.25) is 14.1 Å². The van der Waals surface area contributed by atoms with Crippen LogP contribution in [0.1, 0.15) is 42.8 Å². The second-order valence-electron chi connectivity index (χ2n) is 7.66. The maximum atomic E-state index is 12.5. The van der Waals surface area contributed by atoms with Gasteiger partial charge in [0.05, 0.1) is 18.8 Å². The van der Waals surface area contributed by atoms with Crippen LogP contribution in [0.25, 0.3) is 5.65 Å². The van der Waals surface area contributed by atoms with Gasteiger partial charge in [0.1, 0.15) is 0 Å². The summed E-state index contributed by atoms with van der Waals surface area (Å²) in [4.78, 5) is 14.9. The number of likely N-dealkylation sites (tertiary alicyclic amines) is 1. The SMILES string of the molecule is O=c1cc2c(nn1CC1CCCN1Cc1nnc3ccccn13)CCCC2. The Balaban J connectivity index is 1.36. The Labute approximate surface area is 157 Å². The van der Waals surface area contributed by atoms with Crippen LogP contribution in [-0.2, 0) is 25.9 Å². The van der Waals surface area contributed by atoms with Crippen molar-refractivity contribution in [2.45, 2.75) is 57.7 Å². The predicted molar refractivity (Wildman–Crippen MR) is 102 cm³/mol. The number of fused-ring (bicyclic) bond motifs is 2. The van der Waals surface area contributed by atoms with E-state index < -0.39 is 0 Å².